The summed E-state index contributed by atoms with van der Waals surface area (Å²) < 4.78 is 0. The Morgan fingerprint density at radius 2 is 1.82 bits per heavy atom. The molecule has 0 bridgehead atoms. The summed E-state index contributed by atoms with van der Waals surface area (Å²) in [6, 6.07) is 15.1. The van der Waals surface area contributed by atoms with Crippen LogP contribution in [0.4, 0.5) is 0 Å². The third-order valence-corrected chi connectivity index (χ3v) is 5.45. The van der Waals surface area contributed by atoms with Crippen LogP contribution in [0.25, 0.3) is 22.0 Å². The van der Waals surface area contributed by atoms with Gasteiger partial charge >= 0.3 is 0 Å². The first-order chi connectivity index (χ1) is 13.6. The molecule has 2 aliphatic heterocycles. The number of aromatic nitrogens is 1. The van der Waals surface area contributed by atoms with Crippen LogP contribution in [-0.4, -0.2) is 33.6 Å². The van der Waals surface area contributed by atoms with Crippen LogP contribution in [0.1, 0.15) is 28.8 Å². The number of carbonyl (C=O) groups is 3. The van der Waals surface area contributed by atoms with Crippen molar-refractivity contribution >= 4 is 28.5 Å². The number of imide groups is 1. The molecule has 0 spiro atoms. The van der Waals surface area contributed by atoms with Crippen molar-refractivity contribution in [2.45, 2.75) is 25.4 Å². The summed E-state index contributed by atoms with van der Waals surface area (Å²) >= 11 is 0. The van der Waals surface area contributed by atoms with Gasteiger partial charge in [-0.3, -0.25) is 24.7 Å². The number of benzene rings is 2. The largest absolute Gasteiger partial charge is 0.322 e. The van der Waals surface area contributed by atoms with E-state index >= 15 is 0 Å². The van der Waals surface area contributed by atoms with E-state index in [0.29, 0.717) is 18.5 Å². The lowest BCUT2D eigenvalue weighted by atomic mass is 10.0. The minimum atomic E-state index is -0.597. The normalized spacial score (nSPS) is 19.1. The Kier molecular flexibility index (Phi) is 3.72. The van der Waals surface area contributed by atoms with Gasteiger partial charge in [-0.2, -0.15) is 0 Å². The average Bonchev–Trinajstić information content (AvgIpc) is 3.03. The third-order valence-electron chi connectivity index (χ3n) is 5.45. The second kappa shape index (κ2) is 6.27. The predicted octanol–water partition coefficient (Wildman–Crippen LogP) is 2.66. The van der Waals surface area contributed by atoms with E-state index < -0.39 is 11.9 Å². The van der Waals surface area contributed by atoms with E-state index in [0.717, 1.165) is 27.6 Å². The molecule has 3 amide bonds. The molecule has 6 heteroatoms. The van der Waals surface area contributed by atoms with Crippen molar-refractivity contribution in [1.82, 2.24) is 15.2 Å². The first-order valence-electron chi connectivity index (χ1n) is 9.23. The number of piperidine rings is 1. The van der Waals surface area contributed by atoms with Gasteiger partial charge < -0.3 is 4.90 Å². The summed E-state index contributed by atoms with van der Waals surface area (Å²) in [5, 5.41) is 4.51. The van der Waals surface area contributed by atoms with Crippen LogP contribution in [-0.2, 0) is 16.1 Å². The van der Waals surface area contributed by atoms with Crippen molar-refractivity contribution in [3.63, 3.8) is 0 Å². The van der Waals surface area contributed by atoms with Crippen molar-refractivity contribution < 1.29 is 14.4 Å². The van der Waals surface area contributed by atoms with E-state index in [1.807, 2.05) is 48.7 Å². The fourth-order valence-corrected chi connectivity index (χ4v) is 3.98. The number of fused-ring (bicyclic) bond motifs is 2. The summed E-state index contributed by atoms with van der Waals surface area (Å²) in [6.07, 6.45) is 2.46. The van der Waals surface area contributed by atoms with Crippen LogP contribution in [0, 0.1) is 0 Å². The minimum absolute atomic E-state index is 0.164. The van der Waals surface area contributed by atoms with Crippen LogP contribution in [0.3, 0.4) is 0 Å². The summed E-state index contributed by atoms with van der Waals surface area (Å²) in [7, 11) is 0. The molecule has 2 aromatic carbocycles. The number of hydrogen-bond acceptors (Lipinski definition) is 4. The lowest BCUT2D eigenvalue weighted by Crippen LogP contribution is -2.52. The topological polar surface area (TPSA) is 79.4 Å². The Hall–Kier alpha value is -3.54. The van der Waals surface area contributed by atoms with Gasteiger partial charge in [0.05, 0.1) is 5.69 Å². The quantitative estimate of drug-likeness (QED) is 0.703. The molecule has 1 aromatic heterocycles. The number of amides is 3. The zero-order chi connectivity index (χ0) is 19.3. The van der Waals surface area contributed by atoms with E-state index in [-0.39, 0.29) is 18.2 Å². The molecule has 1 N–H and O–H groups in total. The number of rotatable bonds is 2. The van der Waals surface area contributed by atoms with Gasteiger partial charge in [0, 0.05) is 35.7 Å². The van der Waals surface area contributed by atoms with Crippen molar-refractivity contribution in [3.8, 4) is 11.3 Å². The zero-order valence-electron chi connectivity index (χ0n) is 15.0. The lowest BCUT2D eigenvalue weighted by molar-refractivity contribution is -0.136. The number of nitrogens with one attached hydrogen (secondary N) is 1. The molecular weight excluding hydrogens is 354 g/mol. The fraction of sp³-hybridized carbons (Fsp3) is 0.182. The van der Waals surface area contributed by atoms with Crippen LogP contribution < -0.4 is 5.32 Å². The Morgan fingerprint density at radius 1 is 1.00 bits per heavy atom. The smallest absolute Gasteiger partial charge is 0.255 e. The number of carbonyl (C=O) groups excluding carboxylic acids is 3. The average molecular weight is 371 g/mol. The van der Waals surface area contributed by atoms with Crippen LogP contribution in [0.5, 0.6) is 0 Å². The fourth-order valence-electron chi connectivity index (χ4n) is 3.98. The van der Waals surface area contributed by atoms with Gasteiger partial charge in [-0.1, -0.05) is 30.3 Å². The highest BCUT2D eigenvalue weighted by molar-refractivity contribution is 6.05. The van der Waals surface area contributed by atoms with E-state index in [2.05, 4.69) is 10.3 Å². The third kappa shape index (κ3) is 2.65. The zero-order valence-corrected chi connectivity index (χ0v) is 15.0. The highest BCUT2D eigenvalue weighted by atomic mass is 16.2. The molecule has 0 aliphatic carbocycles. The van der Waals surface area contributed by atoms with Crippen LogP contribution in [0.15, 0.2) is 54.7 Å². The van der Waals surface area contributed by atoms with Crippen molar-refractivity contribution in [1.29, 1.82) is 0 Å². The predicted molar refractivity (Wildman–Crippen MR) is 103 cm³/mol. The van der Waals surface area contributed by atoms with Gasteiger partial charge in [0.1, 0.15) is 6.04 Å². The maximum absolute atomic E-state index is 12.8. The molecule has 1 saturated heterocycles. The van der Waals surface area contributed by atoms with Crippen LogP contribution >= 0.6 is 0 Å². The molecule has 2 aliphatic rings. The molecular formula is C22H17N3O3. The van der Waals surface area contributed by atoms with Crippen molar-refractivity contribution in [2.24, 2.45) is 0 Å². The minimum Gasteiger partial charge on any atom is -0.322 e. The van der Waals surface area contributed by atoms with Gasteiger partial charge in [-0.15, -0.1) is 0 Å². The maximum atomic E-state index is 12.8. The van der Waals surface area contributed by atoms with Crippen LogP contribution in [0.2, 0.25) is 0 Å². The monoisotopic (exact) mass is 371 g/mol. The highest BCUT2D eigenvalue weighted by Gasteiger charge is 2.39. The molecule has 0 radical (unpaired) electrons. The summed E-state index contributed by atoms with van der Waals surface area (Å²) in [5.41, 5.74) is 3.26. The van der Waals surface area contributed by atoms with E-state index in [4.69, 9.17) is 0 Å². The Morgan fingerprint density at radius 3 is 2.64 bits per heavy atom. The Balaban J connectivity index is 1.47. The molecule has 3 aromatic rings. The maximum Gasteiger partial charge on any atom is 0.255 e. The van der Waals surface area contributed by atoms with Gasteiger partial charge in [-0.25, -0.2) is 0 Å². The molecule has 3 heterocycles. The lowest BCUT2D eigenvalue weighted by Gasteiger charge is -2.29. The molecule has 138 valence electrons. The van der Waals surface area contributed by atoms with E-state index in [1.165, 1.54) is 0 Å². The summed E-state index contributed by atoms with van der Waals surface area (Å²) in [5.74, 6) is -0.841. The molecule has 0 unspecified atom stereocenters. The number of hydrogen-bond donors (Lipinski definition) is 1. The first-order valence-corrected chi connectivity index (χ1v) is 9.23. The highest BCUT2D eigenvalue weighted by Crippen LogP contribution is 2.31. The summed E-state index contributed by atoms with van der Waals surface area (Å²) in [4.78, 5) is 42.5. The van der Waals surface area contributed by atoms with Gasteiger partial charge in [0.2, 0.25) is 11.8 Å². The number of nitrogens with zero attached hydrogens (tertiary/aromatic N) is 2. The van der Waals surface area contributed by atoms with Gasteiger partial charge in [0.25, 0.3) is 5.91 Å². The van der Waals surface area contributed by atoms with E-state index in [1.54, 1.807) is 11.0 Å². The van der Waals surface area contributed by atoms with Gasteiger partial charge in [0.15, 0.2) is 0 Å². The number of pyridine rings is 1. The first kappa shape index (κ1) is 16.6. The van der Waals surface area contributed by atoms with E-state index in [9.17, 15) is 14.4 Å². The van der Waals surface area contributed by atoms with Crippen molar-refractivity contribution in [2.75, 3.05) is 0 Å². The molecule has 28 heavy (non-hydrogen) atoms. The Bertz CT molecular complexity index is 1150. The molecule has 1 atom stereocenters. The molecule has 0 saturated carbocycles. The summed E-state index contributed by atoms with van der Waals surface area (Å²) in [6.45, 7) is 0.363. The van der Waals surface area contributed by atoms with Gasteiger partial charge in [-0.05, 0) is 35.6 Å². The molecule has 5 rings (SSSR count). The van der Waals surface area contributed by atoms with Crippen molar-refractivity contribution in [3.05, 3.63) is 65.9 Å². The Labute approximate surface area is 161 Å². The second-order valence-electron chi connectivity index (χ2n) is 7.19. The standard InChI is InChI=1S/C22H17N3O3/c26-20-8-7-19(21(27)24-20)25-12-16-9-14(5-6-17(16)22(25)28)18-10-13-3-1-2-4-15(13)11-23-18/h1-6,9-11,19H,7-8,12H2,(H,24,26,27)/t19-/m0/s1. The SMILES string of the molecule is O=C1CC[C@H](N2Cc3cc(-c4cc5ccccc5cn4)ccc3C2=O)C(=O)N1. The molecule has 1 fully saturated rings. The molecule has 6 nitrogen and oxygen atoms in total. The second-order valence-corrected chi connectivity index (χ2v) is 7.19.